The first-order chi connectivity index (χ1) is 17.9. The molecular formula is C29H35NO8. The predicted octanol–water partition coefficient (Wildman–Crippen LogP) is 3.42. The summed E-state index contributed by atoms with van der Waals surface area (Å²) in [5.41, 5.74) is -1.84. The SMILES string of the molecule is CNc1ccccc1C(=O)O[C@@H]1[C@@H](C)[C@]2(O)[C@@H]3C=C(C)C(=O)[C@@H]3CC(CO)=C[C@H]2[C@@H]2C(C)(C)[C@]12OC(=O)O. The van der Waals surface area contributed by atoms with Gasteiger partial charge in [-0.2, -0.15) is 0 Å². The highest BCUT2D eigenvalue weighted by Crippen LogP contribution is 2.77. The zero-order valence-corrected chi connectivity index (χ0v) is 22.2. The lowest BCUT2D eigenvalue weighted by molar-refractivity contribution is -0.195. The van der Waals surface area contributed by atoms with Crippen LogP contribution in [0.2, 0.25) is 0 Å². The summed E-state index contributed by atoms with van der Waals surface area (Å²) in [7, 11) is 1.68. The molecule has 2 saturated carbocycles. The number of esters is 1. The quantitative estimate of drug-likeness (QED) is 0.336. The van der Waals surface area contributed by atoms with Crippen LogP contribution in [0.5, 0.6) is 0 Å². The number of anilines is 1. The number of para-hydroxylation sites is 1. The fraction of sp³-hybridized carbons (Fsp3) is 0.552. The van der Waals surface area contributed by atoms with Crippen LogP contribution in [0.4, 0.5) is 10.5 Å². The van der Waals surface area contributed by atoms with E-state index in [-0.39, 0.29) is 18.0 Å². The summed E-state index contributed by atoms with van der Waals surface area (Å²) in [6, 6.07) is 6.82. The van der Waals surface area contributed by atoms with Crippen LogP contribution >= 0.6 is 0 Å². The molecule has 4 aliphatic carbocycles. The molecule has 1 aromatic rings. The van der Waals surface area contributed by atoms with Gasteiger partial charge in [-0.3, -0.25) is 4.79 Å². The first-order valence-electron chi connectivity index (χ1n) is 13.0. The van der Waals surface area contributed by atoms with E-state index in [4.69, 9.17) is 9.47 Å². The minimum absolute atomic E-state index is 0.0826. The third-order valence-corrected chi connectivity index (χ3v) is 9.79. The van der Waals surface area contributed by atoms with Crippen LogP contribution in [0, 0.1) is 35.0 Å². The lowest BCUT2D eigenvalue weighted by Crippen LogP contribution is -2.63. The van der Waals surface area contributed by atoms with E-state index in [9.17, 15) is 29.7 Å². The van der Waals surface area contributed by atoms with E-state index < -0.39 is 64.4 Å². The summed E-state index contributed by atoms with van der Waals surface area (Å²) in [6.07, 6.45) is 1.25. The van der Waals surface area contributed by atoms with Crippen molar-refractivity contribution in [1.82, 2.24) is 0 Å². The number of hydrogen-bond donors (Lipinski definition) is 4. The number of Topliss-reactive ketones (excluding diaryl/α,β-unsaturated/α-hetero) is 1. The molecule has 204 valence electrons. The molecule has 8 atom stereocenters. The number of carboxylic acid groups (broad SMARTS) is 1. The van der Waals surface area contributed by atoms with Crippen molar-refractivity contribution in [3.05, 3.63) is 53.1 Å². The van der Waals surface area contributed by atoms with Crippen molar-refractivity contribution in [2.75, 3.05) is 19.0 Å². The standard InChI is InChI=1S/C29H35NO8/c1-14-10-19-18(22(14)32)11-16(13-31)12-20-23-27(3,4)29(23,38-26(34)35)24(15(2)28(19,20)36)37-25(33)17-8-6-7-9-21(17)30-5/h6-10,12,15,18-20,23-24,30-31,36H,11,13H2,1-5H3,(H,34,35)/t15-,18-,19-,20+,23-,24-,28+,29-/m1/s1. The molecule has 5 rings (SSSR count). The summed E-state index contributed by atoms with van der Waals surface area (Å²) < 4.78 is 11.8. The van der Waals surface area contributed by atoms with E-state index in [1.54, 1.807) is 57.3 Å². The molecule has 38 heavy (non-hydrogen) atoms. The molecular weight excluding hydrogens is 490 g/mol. The number of allylic oxidation sites excluding steroid dienone is 1. The van der Waals surface area contributed by atoms with Crippen molar-refractivity contribution in [3.8, 4) is 0 Å². The topological polar surface area (TPSA) is 142 Å². The second-order valence-corrected chi connectivity index (χ2v) is 11.7. The van der Waals surface area contributed by atoms with Crippen LogP contribution in [0.15, 0.2) is 47.6 Å². The third-order valence-electron chi connectivity index (χ3n) is 9.79. The highest BCUT2D eigenvalue weighted by molar-refractivity contribution is 6.00. The molecule has 0 aliphatic heterocycles. The number of benzene rings is 1. The maximum Gasteiger partial charge on any atom is 0.506 e. The third kappa shape index (κ3) is 3.34. The average Bonchev–Trinajstić information content (AvgIpc) is 3.27. The Bertz CT molecular complexity index is 1270. The van der Waals surface area contributed by atoms with Crippen molar-refractivity contribution >= 4 is 23.6 Å². The number of ketones is 1. The minimum Gasteiger partial charge on any atom is -0.454 e. The van der Waals surface area contributed by atoms with Gasteiger partial charge >= 0.3 is 12.1 Å². The Morgan fingerprint density at radius 2 is 1.84 bits per heavy atom. The molecule has 0 radical (unpaired) electrons. The van der Waals surface area contributed by atoms with Gasteiger partial charge in [0, 0.05) is 47.7 Å². The Morgan fingerprint density at radius 1 is 1.16 bits per heavy atom. The number of ether oxygens (including phenoxy) is 2. The van der Waals surface area contributed by atoms with Crippen molar-refractivity contribution in [1.29, 1.82) is 0 Å². The van der Waals surface area contributed by atoms with Crippen molar-refractivity contribution in [2.45, 2.75) is 51.4 Å². The van der Waals surface area contributed by atoms with Gasteiger partial charge in [0.25, 0.3) is 0 Å². The van der Waals surface area contributed by atoms with E-state index in [1.165, 1.54) is 0 Å². The lowest BCUT2D eigenvalue weighted by atomic mass is 9.60. The zero-order valence-electron chi connectivity index (χ0n) is 22.2. The Balaban J connectivity index is 1.67. The number of carbonyl (C=O) groups excluding carboxylic acids is 2. The van der Waals surface area contributed by atoms with Crippen LogP contribution in [0.25, 0.3) is 0 Å². The number of aliphatic hydroxyl groups excluding tert-OH is 1. The smallest absolute Gasteiger partial charge is 0.454 e. The Morgan fingerprint density at radius 3 is 2.47 bits per heavy atom. The summed E-state index contributed by atoms with van der Waals surface area (Å²) >= 11 is 0. The molecule has 4 N–H and O–H groups in total. The monoisotopic (exact) mass is 525 g/mol. The van der Waals surface area contributed by atoms with Gasteiger partial charge in [-0.15, -0.1) is 0 Å². The van der Waals surface area contributed by atoms with Gasteiger partial charge in [-0.05, 0) is 36.6 Å². The van der Waals surface area contributed by atoms with E-state index in [2.05, 4.69) is 5.32 Å². The van der Waals surface area contributed by atoms with Gasteiger partial charge in [0.1, 0.15) is 6.10 Å². The number of aliphatic hydroxyl groups is 2. The highest BCUT2D eigenvalue weighted by Gasteiger charge is 2.87. The van der Waals surface area contributed by atoms with Crippen LogP contribution < -0.4 is 5.32 Å². The van der Waals surface area contributed by atoms with Gasteiger partial charge in [0.15, 0.2) is 11.4 Å². The molecule has 1 aromatic carbocycles. The summed E-state index contributed by atoms with van der Waals surface area (Å²) in [5, 5.41) is 35.6. The second kappa shape index (κ2) is 8.68. The Labute approximate surface area is 221 Å². The van der Waals surface area contributed by atoms with Gasteiger partial charge < -0.3 is 30.1 Å². The minimum atomic E-state index is -1.56. The normalized spacial score (nSPS) is 38.4. The Hall–Kier alpha value is -3.17. The summed E-state index contributed by atoms with van der Waals surface area (Å²) in [5.74, 6) is -3.93. The second-order valence-electron chi connectivity index (χ2n) is 11.7. The molecule has 9 heteroatoms. The molecule has 9 nitrogen and oxygen atoms in total. The molecule has 0 aromatic heterocycles. The largest absolute Gasteiger partial charge is 0.506 e. The van der Waals surface area contributed by atoms with Crippen LogP contribution in [0.1, 0.15) is 44.5 Å². The first-order valence-corrected chi connectivity index (χ1v) is 13.0. The van der Waals surface area contributed by atoms with Crippen LogP contribution in [-0.4, -0.2) is 64.2 Å². The fourth-order valence-electron chi connectivity index (χ4n) is 7.96. The molecule has 2 fully saturated rings. The van der Waals surface area contributed by atoms with Crippen molar-refractivity contribution in [2.24, 2.45) is 35.0 Å². The predicted molar refractivity (Wildman–Crippen MR) is 137 cm³/mol. The maximum absolute atomic E-state index is 13.5. The molecule has 0 heterocycles. The highest BCUT2D eigenvalue weighted by atomic mass is 16.7. The lowest BCUT2D eigenvalue weighted by Gasteiger charge is -2.51. The number of hydrogen-bond acceptors (Lipinski definition) is 8. The van der Waals surface area contributed by atoms with Crippen molar-refractivity contribution < 1.29 is 39.2 Å². The summed E-state index contributed by atoms with van der Waals surface area (Å²) in [4.78, 5) is 38.7. The number of rotatable bonds is 5. The van der Waals surface area contributed by atoms with E-state index in [0.29, 0.717) is 23.3 Å². The number of fused-ring (bicyclic) bond motifs is 5. The van der Waals surface area contributed by atoms with E-state index in [0.717, 1.165) is 0 Å². The molecule has 4 aliphatic rings. The van der Waals surface area contributed by atoms with Crippen LogP contribution in [-0.2, 0) is 14.3 Å². The van der Waals surface area contributed by atoms with Gasteiger partial charge in [-0.25, -0.2) is 9.59 Å². The molecule has 0 spiro atoms. The Kier molecular flexibility index (Phi) is 6.04. The molecule has 0 unspecified atom stereocenters. The zero-order chi connectivity index (χ0) is 27.8. The first kappa shape index (κ1) is 26.4. The van der Waals surface area contributed by atoms with Gasteiger partial charge in [-0.1, -0.05) is 45.1 Å². The molecule has 0 bridgehead atoms. The summed E-state index contributed by atoms with van der Waals surface area (Å²) in [6.45, 7) is 6.85. The number of carbonyl (C=O) groups is 3. The van der Waals surface area contributed by atoms with Crippen LogP contribution in [0.3, 0.4) is 0 Å². The molecule has 0 saturated heterocycles. The van der Waals surface area contributed by atoms with Crippen molar-refractivity contribution in [3.63, 3.8) is 0 Å². The maximum atomic E-state index is 13.5. The van der Waals surface area contributed by atoms with E-state index in [1.807, 2.05) is 13.8 Å². The molecule has 0 amide bonds. The average molecular weight is 526 g/mol. The number of nitrogens with one attached hydrogen (secondary N) is 1. The van der Waals surface area contributed by atoms with Gasteiger partial charge in [0.2, 0.25) is 0 Å². The van der Waals surface area contributed by atoms with E-state index >= 15 is 0 Å². The fourth-order valence-corrected chi connectivity index (χ4v) is 7.96. The van der Waals surface area contributed by atoms with Gasteiger partial charge in [0.05, 0.1) is 17.8 Å².